The van der Waals surface area contributed by atoms with Gasteiger partial charge in [-0.05, 0) is 55.5 Å². The van der Waals surface area contributed by atoms with E-state index in [4.69, 9.17) is 4.74 Å². The summed E-state index contributed by atoms with van der Waals surface area (Å²) in [6.45, 7) is 1.91. The third-order valence-electron chi connectivity index (χ3n) is 3.87. The van der Waals surface area contributed by atoms with Crippen molar-refractivity contribution in [3.05, 3.63) is 76.4 Å². The predicted molar refractivity (Wildman–Crippen MR) is 109 cm³/mol. The number of hydrogen-bond donors (Lipinski definition) is 1. The number of hydrogen-bond acceptors (Lipinski definition) is 6. The van der Waals surface area contributed by atoms with Crippen molar-refractivity contribution in [2.45, 2.75) is 6.92 Å². The van der Waals surface area contributed by atoms with Crippen molar-refractivity contribution >= 4 is 33.7 Å². The number of ether oxygens (including phenoxy) is 1. The van der Waals surface area contributed by atoms with Crippen LogP contribution in [0.25, 0.3) is 11.3 Å². The molecule has 2 aromatic heterocycles. The molecule has 0 bridgehead atoms. The minimum Gasteiger partial charge on any atom is -0.431 e. The lowest BCUT2D eigenvalue weighted by atomic mass is 10.1. The molecule has 0 spiro atoms. The van der Waals surface area contributed by atoms with Gasteiger partial charge in [0, 0.05) is 27.6 Å². The van der Waals surface area contributed by atoms with Crippen molar-refractivity contribution in [3.8, 4) is 22.2 Å². The van der Waals surface area contributed by atoms with Crippen molar-refractivity contribution < 1.29 is 13.9 Å². The molecule has 0 saturated carbocycles. The van der Waals surface area contributed by atoms with Gasteiger partial charge in [0.15, 0.2) is 5.13 Å². The lowest BCUT2D eigenvalue weighted by Gasteiger charge is -2.04. The maximum atomic E-state index is 13.1. The highest BCUT2D eigenvalue weighted by molar-refractivity contribution is 7.16. The first-order valence-electron chi connectivity index (χ1n) is 8.30. The number of halogens is 1. The zero-order valence-electron chi connectivity index (χ0n) is 14.7. The van der Waals surface area contributed by atoms with Gasteiger partial charge in [0.1, 0.15) is 11.6 Å². The minimum absolute atomic E-state index is 0.264. The number of aryl methyl sites for hydroxylation is 1. The molecule has 0 aliphatic rings. The van der Waals surface area contributed by atoms with E-state index in [1.807, 2.05) is 12.3 Å². The standard InChI is InChI=1S/C20H14FN3O2S2/c1-12-17(13-2-6-15(21)7-3-13)23-19(28-12)24-18(25)14-4-8-16(9-5-14)26-20-22-10-11-27-20/h2-11H,1H3,(H,23,24,25). The molecule has 2 heterocycles. The van der Waals surface area contributed by atoms with Crippen LogP contribution in [0.3, 0.4) is 0 Å². The first-order chi connectivity index (χ1) is 13.6. The molecule has 140 valence electrons. The summed E-state index contributed by atoms with van der Waals surface area (Å²) in [5.41, 5.74) is 2.02. The molecule has 1 N–H and O–H groups in total. The highest BCUT2D eigenvalue weighted by atomic mass is 32.1. The van der Waals surface area contributed by atoms with Crippen molar-refractivity contribution in [1.82, 2.24) is 9.97 Å². The molecule has 0 atom stereocenters. The molecule has 4 rings (SSSR count). The van der Waals surface area contributed by atoms with E-state index in [1.165, 1.54) is 34.8 Å². The summed E-state index contributed by atoms with van der Waals surface area (Å²) < 4.78 is 18.7. The van der Waals surface area contributed by atoms with E-state index in [2.05, 4.69) is 15.3 Å². The van der Waals surface area contributed by atoms with Crippen LogP contribution in [0.1, 0.15) is 15.2 Å². The molecule has 0 aliphatic carbocycles. The molecule has 5 nitrogen and oxygen atoms in total. The van der Waals surface area contributed by atoms with E-state index < -0.39 is 0 Å². The number of benzene rings is 2. The summed E-state index contributed by atoms with van der Waals surface area (Å²) in [4.78, 5) is 22.0. The number of amides is 1. The number of rotatable bonds is 5. The van der Waals surface area contributed by atoms with Gasteiger partial charge in [-0.3, -0.25) is 10.1 Å². The van der Waals surface area contributed by atoms with Gasteiger partial charge < -0.3 is 4.74 Å². The lowest BCUT2D eigenvalue weighted by Crippen LogP contribution is -2.11. The maximum absolute atomic E-state index is 13.1. The van der Waals surface area contributed by atoms with Gasteiger partial charge in [0.2, 0.25) is 0 Å². The second-order valence-electron chi connectivity index (χ2n) is 5.81. The number of nitrogens with one attached hydrogen (secondary N) is 1. The van der Waals surface area contributed by atoms with E-state index in [9.17, 15) is 9.18 Å². The first kappa shape index (κ1) is 18.3. The predicted octanol–water partition coefficient (Wildman–Crippen LogP) is 5.76. The van der Waals surface area contributed by atoms with Gasteiger partial charge in [0.05, 0.1) is 5.69 Å². The van der Waals surface area contributed by atoms with Crippen molar-refractivity contribution in [1.29, 1.82) is 0 Å². The van der Waals surface area contributed by atoms with Gasteiger partial charge in [-0.1, -0.05) is 11.3 Å². The SMILES string of the molecule is Cc1sc(NC(=O)c2ccc(Oc3nccs3)cc2)nc1-c1ccc(F)cc1. The quantitative estimate of drug-likeness (QED) is 0.454. The first-order valence-corrected chi connectivity index (χ1v) is 10.0. The van der Waals surface area contributed by atoms with Crippen molar-refractivity contribution in [2.24, 2.45) is 0 Å². The van der Waals surface area contributed by atoms with Crippen molar-refractivity contribution in [3.63, 3.8) is 0 Å². The number of carbonyl (C=O) groups excluding carboxylic acids is 1. The van der Waals surface area contributed by atoms with Gasteiger partial charge >= 0.3 is 0 Å². The van der Waals surface area contributed by atoms with Crippen LogP contribution in [0.15, 0.2) is 60.1 Å². The molecule has 2 aromatic carbocycles. The Labute approximate surface area is 168 Å². The Morgan fingerprint density at radius 2 is 1.86 bits per heavy atom. The molecule has 28 heavy (non-hydrogen) atoms. The molecule has 0 unspecified atom stereocenters. The molecule has 1 amide bonds. The fourth-order valence-electron chi connectivity index (χ4n) is 2.53. The van der Waals surface area contributed by atoms with Crippen molar-refractivity contribution in [2.75, 3.05) is 5.32 Å². The number of thiazole rings is 2. The second kappa shape index (κ2) is 7.87. The fraction of sp³-hybridized carbons (Fsp3) is 0.0500. The Bertz CT molecular complexity index is 1090. The Morgan fingerprint density at radius 1 is 1.11 bits per heavy atom. The van der Waals surface area contributed by atoms with E-state index in [-0.39, 0.29) is 11.7 Å². The normalized spacial score (nSPS) is 10.6. The summed E-state index contributed by atoms with van der Waals surface area (Å²) in [6.07, 6.45) is 1.66. The molecule has 4 aromatic rings. The summed E-state index contributed by atoms with van der Waals surface area (Å²) in [5, 5.41) is 5.67. The van der Waals surface area contributed by atoms with Crippen LogP contribution in [0, 0.1) is 12.7 Å². The Hall–Kier alpha value is -3.10. The highest BCUT2D eigenvalue weighted by Crippen LogP contribution is 2.31. The number of anilines is 1. The summed E-state index contributed by atoms with van der Waals surface area (Å²) >= 11 is 2.77. The van der Waals surface area contributed by atoms with Gasteiger partial charge in [0.25, 0.3) is 11.1 Å². The largest absolute Gasteiger partial charge is 0.431 e. The zero-order chi connectivity index (χ0) is 19.5. The Morgan fingerprint density at radius 3 is 2.54 bits per heavy atom. The van der Waals surface area contributed by atoms with E-state index >= 15 is 0 Å². The Kier molecular flexibility index (Phi) is 5.14. The monoisotopic (exact) mass is 411 g/mol. The van der Waals surface area contributed by atoms with Crippen LogP contribution in [0.5, 0.6) is 10.9 Å². The smallest absolute Gasteiger partial charge is 0.278 e. The molecule has 0 saturated heterocycles. The summed E-state index contributed by atoms with van der Waals surface area (Å²) in [7, 11) is 0. The Balaban J connectivity index is 1.46. The number of nitrogens with zero attached hydrogens (tertiary/aromatic N) is 2. The average molecular weight is 411 g/mol. The molecular formula is C20H14FN3O2S2. The average Bonchev–Trinajstić information content (AvgIpc) is 3.32. The lowest BCUT2D eigenvalue weighted by molar-refractivity contribution is 0.102. The van der Waals surface area contributed by atoms with Gasteiger partial charge in [-0.15, -0.1) is 11.3 Å². The molecular weight excluding hydrogens is 397 g/mol. The maximum Gasteiger partial charge on any atom is 0.278 e. The van der Waals surface area contributed by atoms with Crippen LogP contribution in [-0.2, 0) is 0 Å². The van der Waals surface area contributed by atoms with Crippen LogP contribution < -0.4 is 10.1 Å². The van der Waals surface area contributed by atoms with Gasteiger partial charge in [-0.2, -0.15) is 0 Å². The summed E-state index contributed by atoms with van der Waals surface area (Å²) in [5.74, 6) is 0.0443. The molecule has 0 radical (unpaired) electrons. The minimum atomic E-state index is -0.299. The summed E-state index contributed by atoms with van der Waals surface area (Å²) in [6, 6.07) is 12.9. The topological polar surface area (TPSA) is 64.1 Å². The van der Waals surface area contributed by atoms with E-state index in [1.54, 1.807) is 42.6 Å². The molecule has 0 fully saturated rings. The van der Waals surface area contributed by atoms with Crippen LogP contribution in [0.4, 0.5) is 9.52 Å². The third kappa shape index (κ3) is 4.08. The molecule has 0 aliphatic heterocycles. The van der Waals surface area contributed by atoms with Crippen LogP contribution in [0.2, 0.25) is 0 Å². The second-order valence-corrected chi connectivity index (χ2v) is 7.87. The molecule has 8 heteroatoms. The van der Waals surface area contributed by atoms with Crippen LogP contribution in [-0.4, -0.2) is 15.9 Å². The zero-order valence-corrected chi connectivity index (χ0v) is 16.3. The van der Waals surface area contributed by atoms with Crippen LogP contribution >= 0.6 is 22.7 Å². The fourth-order valence-corrected chi connectivity index (χ4v) is 3.87. The van der Waals surface area contributed by atoms with E-state index in [0.717, 1.165) is 16.1 Å². The number of carbonyl (C=O) groups is 1. The number of aromatic nitrogens is 2. The van der Waals surface area contributed by atoms with E-state index in [0.29, 0.717) is 21.6 Å². The third-order valence-corrected chi connectivity index (χ3v) is 5.40. The highest BCUT2D eigenvalue weighted by Gasteiger charge is 2.13. The van der Waals surface area contributed by atoms with Gasteiger partial charge in [-0.25, -0.2) is 14.4 Å².